The first-order chi connectivity index (χ1) is 9.88. The Labute approximate surface area is 127 Å². The second kappa shape index (κ2) is 6.10. The van der Waals surface area contributed by atoms with Crippen LogP contribution in [0.25, 0.3) is 6.08 Å². The topological polar surface area (TPSA) is 46.9 Å². The molecule has 2 aromatic rings. The molecule has 0 fully saturated rings. The summed E-state index contributed by atoms with van der Waals surface area (Å²) >= 11 is 6.06. The van der Waals surface area contributed by atoms with Crippen LogP contribution >= 0.6 is 11.6 Å². The quantitative estimate of drug-likeness (QED) is 0.882. The largest absolute Gasteiger partial charge is 0.320 e. The summed E-state index contributed by atoms with van der Waals surface area (Å²) in [5.41, 5.74) is 2.31. The van der Waals surface area contributed by atoms with Gasteiger partial charge in [0.25, 0.3) is 0 Å². The number of benzene rings is 1. The molecule has 0 bridgehead atoms. The SMILES string of the molecule is Cc1ccc(NC(=O)/C=C/c2c(C)nn(C)c2Cl)c(F)c1. The van der Waals surface area contributed by atoms with E-state index in [0.29, 0.717) is 16.4 Å². The number of hydrogen-bond acceptors (Lipinski definition) is 2. The monoisotopic (exact) mass is 307 g/mol. The zero-order chi connectivity index (χ0) is 15.6. The van der Waals surface area contributed by atoms with Gasteiger partial charge in [-0.25, -0.2) is 4.39 Å². The van der Waals surface area contributed by atoms with Gasteiger partial charge in [-0.3, -0.25) is 9.48 Å². The number of amides is 1. The van der Waals surface area contributed by atoms with Gasteiger partial charge < -0.3 is 5.32 Å². The van der Waals surface area contributed by atoms with Gasteiger partial charge in [0, 0.05) is 18.7 Å². The molecule has 2 rings (SSSR count). The van der Waals surface area contributed by atoms with E-state index in [1.165, 1.54) is 22.9 Å². The smallest absolute Gasteiger partial charge is 0.248 e. The minimum absolute atomic E-state index is 0.143. The van der Waals surface area contributed by atoms with Gasteiger partial charge in [-0.2, -0.15) is 5.10 Å². The fourth-order valence-electron chi connectivity index (χ4n) is 1.89. The lowest BCUT2D eigenvalue weighted by Gasteiger charge is -2.04. The molecule has 1 N–H and O–H groups in total. The molecular formula is C15H15ClFN3O. The maximum atomic E-state index is 13.6. The number of hydrogen-bond donors (Lipinski definition) is 1. The van der Waals surface area contributed by atoms with Gasteiger partial charge in [-0.15, -0.1) is 0 Å². The van der Waals surface area contributed by atoms with Crippen molar-refractivity contribution in [1.29, 1.82) is 0 Å². The molecule has 1 aromatic carbocycles. The third-order valence-corrected chi connectivity index (χ3v) is 3.43. The molecule has 1 amide bonds. The van der Waals surface area contributed by atoms with Crippen molar-refractivity contribution in [3.8, 4) is 0 Å². The first-order valence-corrected chi connectivity index (χ1v) is 6.70. The lowest BCUT2D eigenvalue weighted by molar-refractivity contribution is -0.111. The highest BCUT2D eigenvalue weighted by atomic mass is 35.5. The highest BCUT2D eigenvalue weighted by molar-refractivity contribution is 6.31. The number of nitrogens with zero attached hydrogens (tertiary/aromatic N) is 2. The Bertz CT molecular complexity index is 722. The molecule has 0 atom stereocenters. The molecule has 21 heavy (non-hydrogen) atoms. The van der Waals surface area contributed by atoms with E-state index >= 15 is 0 Å². The fraction of sp³-hybridized carbons (Fsp3) is 0.200. The van der Waals surface area contributed by atoms with E-state index in [1.807, 2.05) is 0 Å². The van der Waals surface area contributed by atoms with Crippen LogP contribution in [0.1, 0.15) is 16.8 Å². The van der Waals surface area contributed by atoms with E-state index in [2.05, 4.69) is 10.4 Å². The minimum Gasteiger partial charge on any atom is -0.320 e. The van der Waals surface area contributed by atoms with Gasteiger partial charge in [0.05, 0.1) is 11.4 Å². The lowest BCUT2D eigenvalue weighted by atomic mass is 10.2. The Hall–Kier alpha value is -2.14. The number of aryl methyl sites for hydroxylation is 3. The zero-order valence-electron chi connectivity index (χ0n) is 11.9. The zero-order valence-corrected chi connectivity index (χ0v) is 12.7. The van der Waals surface area contributed by atoms with E-state index in [-0.39, 0.29) is 5.69 Å². The minimum atomic E-state index is -0.465. The van der Waals surface area contributed by atoms with Crippen molar-refractivity contribution in [2.75, 3.05) is 5.32 Å². The van der Waals surface area contributed by atoms with Gasteiger partial charge in [0.1, 0.15) is 11.0 Å². The Morgan fingerprint density at radius 1 is 1.43 bits per heavy atom. The molecule has 0 radical (unpaired) electrons. The van der Waals surface area contributed by atoms with E-state index in [9.17, 15) is 9.18 Å². The van der Waals surface area contributed by atoms with Gasteiger partial charge in [0.15, 0.2) is 0 Å². The maximum absolute atomic E-state index is 13.6. The van der Waals surface area contributed by atoms with Crippen LogP contribution in [-0.2, 0) is 11.8 Å². The summed E-state index contributed by atoms with van der Waals surface area (Å²) < 4.78 is 15.2. The summed E-state index contributed by atoms with van der Waals surface area (Å²) in [5, 5.41) is 7.06. The van der Waals surface area contributed by atoms with Gasteiger partial charge in [-0.1, -0.05) is 17.7 Å². The van der Waals surface area contributed by atoms with Crippen LogP contribution in [-0.4, -0.2) is 15.7 Å². The molecule has 6 heteroatoms. The maximum Gasteiger partial charge on any atom is 0.248 e. The number of anilines is 1. The fourth-order valence-corrected chi connectivity index (χ4v) is 2.13. The van der Waals surface area contributed by atoms with Crippen LogP contribution in [0.2, 0.25) is 5.15 Å². The second-order valence-electron chi connectivity index (χ2n) is 4.72. The van der Waals surface area contributed by atoms with E-state index in [1.54, 1.807) is 33.0 Å². The van der Waals surface area contributed by atoms with Crippen LogP contribution in [0.3, 0.4) is 0 Å². The molecule has 1 heterocycles. The third-order valence-electron chi connectivity index (χ3n) is 2.98. The number of nitrogens with one attached hydrogen (secondary N) is 1. The Kier molecular flexibility index (Phi) is 4.43. The summed E-state index contributed by atoms with van der Waals surface area (Å²) in [6, 6.07) is 4.62. The van der Waals surface area contributed by atoms with Crippen LogP contribution in [0, 0.1) is 19.7 Å². The third kappa shape index (κ3) is 3.49. The molecule has 1 aromatic heterocycles. The molecule has 0 saturated carbocycles. The van der Waals surface area contributed by atoms with Crippen LogP contribution < -0.4 is 5.32 Å². The van der Waals surface area contributed by atoms with Gasteiger partial charge in [0.2, 0.25) is 5.91 Å². The summed E-state index contributed by atoms with van der Waals surface area (Å²) in [5.74, 6) is -0.899. The lowest BCUT2D eigenvalue weighted by Crippen LogP contribution is -2.09. The van der Waals surface area contributed by atoms with Crippen molar-refractivity contribution in [3.05, 3.63) is 52.1 Å². The van der Waals surface area contributed by atoms with Gasteiger partial charge in [-0.05, 0) is 37.6 Å². The Morgan fingerprint density at radius 3 is 2.71 bits per heavy atom. The Morgan fingerprint density at radius 2 is 2.14 bits per heavy atom. The van der Waals surface area contributed by atoms with E-state index in [0.717, 1.165) is 5.56 Å². The van der Waals surface area contributed by atoms with Crippen LogP contribution in [0.5, 0.6) is 0 Å². The molecular weight excluding hydrogens is 293 g/mol. The second-order valence-corrected chi connectivity index (χ2v) is 5.08. The molecule has 0 unspecified atom stereocenters. The van der Waals surface area contributed by atoms with Crippen molar-refractivity contribution in [3.63, 3.8) is 0 Å². The summed E-state index contributed by atoms with van der Waals surface area (Å²) in [6.07, 6.45) is 2.86. The van der Waals surface area contributed by atoms with E-state index in [4.69, 9.17) is 11.6 Å². The number of carbonyl (C=O) groups excluding carboxylic acids is 1. The number of carbonyl (C=O) groups is 1. The first kappa shape index (κ1) is 15.3. The van der Waals surface area contributed by atoms with Crippen LogP contribution in [0.15, 0.2) is 24.3 Å². The highest BCUT2D eigenvalue weighted by Gasteiger charge is 2.09. The summed E-state index contributed by atoms with van der Waals surface area (Å²) in [4.78, 5) is 11.8. The first-order valence-electron chi connectivity index (χ1n) is 6.33. The number of aromatic nitrogens is 2. The van der Waals surface area contributed by atoms with Crippen LogP contribution in [0.4, 0.5) is 10.1 Å². The number of rotatable bonds is 3. The Balaban J connectivity index is 2.13. The molecule has 0 aliphatic heterocycles. The molecule has 0 aliphatic carbocycles. The molecule has 0 spiro atoms. The van der Waals surface area contributed by atoms with Crippen molar-refractivity contribution in [2.24, 2.45) is 7.05 Å². The summed E-state index contributed by atoms with van der Waals surface area (Å²) in [6.45, 7) is 3.57. The molecule has 0 saturated heterocycles. The molecule has 4 nitrogen and oxygen atoms in total. The molecule has 0 aliphatic rings. The normalized spacial score (nSPS) is 11.1. The predicted octanol–water partition coefficient (Wildman–Crippen LogP) is 3.48. The van der Waals surface area contributed by atoms with Crippen molar-refractivity contribution in [1.82, 2.24) is 9.78 Å². The predicted molar refractivity (Wildman–Crippen MR) is 81.8 cm³/mol. The van der Waals surface area contributed by atoms with Gasteiger partial charge >= 0.3 is 0 Å². The number of halogens is 2. The van der Waals surface area contributed by atoms with E-state index < -0.39 is 11.7 Å². The van der Waals surface area contributed by atoms with Crippen molar-refractivity contribution in [2.45, 2.75) is 13.8 Å². The summed E-state index contributed by atoms with van der Waals surface area (Å²) in [7, 11) is 1.72. The highest BCUT2D eigenvalue weighted by Crippen LogP contribution is 2.20. The average molecular weight is 308 g/mol. The van der Waals surface area contributed by atoms with Crippen molar-refractivity contribution >= 4 is 29.3 Å². The van der Waals surface area contributed by atoms with Crippen molar-refractivity contribution < 1.29 is 9.18 Å². The standard InChI is InChI=1S/C15H15ClFN3O/c1-9-4-6-13(12(17)8-9)18-14(21)7-5-11-10(2)19-20(3)15(11)16/h4-8H,1-3H3,(H,18,21)/b7-5+. The molecule has 110 valence electrons. The average Bonchev–Trinajstić information content (AvgIpc) is 2.65.